The third-order valence-electron chi connectivity index (χ3n) is 11.0. The number of rotatable bonds is 4. The second-order valence-electron chi connectivity index (χ2n) is 14.1. The van der Waals surface area contributed by atoms with E-state index in [1.807, 2.05) is 33.0 Å². The van der Waals surface area contributed by atoms with Gasteiger partial charge in [0.2, 0.25) is 0 Å². The van der Waals surface area contributed by atoms with Gasteiger partial charge in [-0.15, -0.1) is 0 Å². The molecule has 0 N–H and O–H groups in total. The van der Waals surface area contributed by atoms with Gasteiger partial charge in [0, 0.05) is 28.8 Å². The smallest absolute Gasteiger partial charge is 0.160 e. The van der Waals surface area contributed by atoms with Gasteiger partial charge in [0.05, 0.1) is 5.41 Å². The molecule has 2 aliphatic rings. The summed E-state index contributed by atoms with van der Waals surface area (Å²) in [5.74, 6) is 0.781. The van der Waals surface area contributed by atoms with E-state index in [4.69, 9.17) is 9.97 Å². The third kappa shape index (κ3) is 4.42. The molecule has 0 radical (unpaired) electrons. The quantitative estimate of drug-likeness (QED) is 0.188. The van der Waals surface area contributed by atoms with Gasteiger partial charge in [-0.25, -0.2) is 9.97 Å². The molecule has 0 saturated carbocycles. The average Bonchev–Trinajstić information content (AvgIpc) is 3.65. The Morgan fingerprint density at radius 2 is 0.923 bits per heavy atom. The Labute approximate surface area is 304 Å². The molecule has 0 bridgehead atoms. The van der Waals surface area contributed by atoms with E-state index < -0.39 is 5.41 Å². The third-order valence-corrected chi connectivity index (χ3v) is 11.0. The van der Waals surface area contributed by atoms with Crippen molar-refractivity contribution < 1.29 is 0 Å². The van der Waals surface area contributed by atoms with Crippen LogP contribution in [0.2, 0.25) is 0 Å². The number of aryl methyl sites for hydroxylation is 3. The van der Waals surface area contributed by atoms with Crippen molar-refractivity contribution in [2.75, 3.05) is 0 Å². The number of hydrogen-bond donors (Lipinski definition) is 0. The molecule has 246 valence electrons. The van der Waals surface area contributed by atoms with Gasteiger partial charge in [-0.1, -0.05) is 121 Å². The molecular weight excluding hydrogens is 631 g/mol. The first-order chi connectivity index (χ1) is 25.5. The maximum atomic E-state index is 4.94. The van der Waals surface area contributed by atoms with Crippen LogP contribution in [-0.4, -0.2) is 15.0 Å². The van der Waals surface area contributed by atoms with Crippen molar-refractivity contribution >= 4 is 0 Å². The number of benzene rings is 6. The Morgan fingerprint density at radius 1 is 0.365 bits per heavy atom. The van der Waals surface area contributed by atoms with Crippen LogP contribution < -0.4 is 0 Å². The summed E-state index contributed by atoms with van der Waals surface area (Å²) < 4.78 is 0. The van der Waals surface area contributed by atoms with Gasteiger partial charge in [-0.05, 0) is 129 Å². The maximum absolute atomic E-state index is 4.94. The minimum absolute atomic E-state index is 0.450. The van der Waals surface area contributed by atoms with Gasteiger partial charge in [-0.2, -0.15) is 0 Å². The predicted octanol–water partition coefficient (Wildman–Crippen LogP) is 11.8. The van der Waals surface area contributed by atoms with Gasteiger partial charge in [-0.3, -0.25) is 4.98 Å². The lowest BCUT2D eigenvalue weighted by molar-refractivity contribution is 0.794. The zero-order chi connectivity index (χ0) is 35.0. The Kier molecular flexibility index (Phi) is 6.74. The van der Waals surface area contributed by atoms with Crippen LogP contribution in [0, 0.1) is 20.8 Å². The molecule has 0 fully saturated rings. The van der Waals surface area contributed by atoms with Crippen molar-refractivity contribution in [3.63, 3.8) is 0 Å². The SMILES string of the molecule is Cc1cc(-c2ccccc2-c2cccc(-c3ccc4c(c3)-c3ccccc3C43c4ccccc4-c4c(-c5nc(C)cc(C)n5)cccc43)c2)ccn1. The van der Waals surface area contributed by atoms with E-state index >= 15 is 0 Å². The van der Waals surface area contributed by atoms with Crippen molar-refractivity contribution in [3.8, 4) is 67.0 Å². The maximum Gasteiger partial charge on any atom is 0.160 e. The van der Waals surface area contributed by atoms with E-state index in [-0.39, 0.29) is 0 Å². The lowest BCUT2D eigenvalue weighted by atomic mass is 9.70. The highest BCUT2D eigenvalue weighted by atomic mass is 14.9. The second kappa shape index (κ2) is 11.5. The minimum atomic E-state index is -0.450. The van der Waals surface area contributed by atoms with E-state index in [1.165, 1.54) is 77.9 Å². The van der Waals surface area contributed by atoms with Crippen molar-refractivity contribution in [2.24, 2.45) is 0 Å². The van der Waals surface area contributed by atoms with E-state index in [9.17, 15) is 0 Å². The Hall–Kier alpha value is -6.45. The lowest BCUT2D eigenvalue weighted by Gasteiger charge is -2.30. The lowest BCUT2D eigenvalue weighted by Crippen LogP contribution is -2.25. The molecule has 1 atom stereocenters. The number of hydrogen-bond acceptors (Lipinski definition) is 3. The highest BCUT2D eigenvalue weighted by Crippen LogP contribution is 2.64. The molecule has 10 rings (SSSR count). The van der Waals surface area contributed by atoms with Crippen molar-refractivity contribution in [2.45, 2.75) is 26.2 Å². The number of fused-ring (bicyclic) bond motifs is 10. The second-order valence-corrected chi connectivity index (χ2v) is 14.1. The van der Waals surface area contributed by atoms with Gasteiger partial charge < -0.3 is 0 Å². The van der Waals surface area contributed by atoms with Crippen molar-refractivity contribution in [1.82, 2.24) is 15.0 Å². The largest absolute Gasteiger partial charge is 0.262 e. The van der Waals surface area contributed by atoms with Crippen LogP contribution in [-0.2, 0) is 5.41 Å². The highest BCUT2D eigenvalue weighted by molar-refractivity contribution is 6.00. The number of aromatic nitrogens is 3. The van der Waals surface area contributed by atoms with Gasteiger partial charge in [0.25, 0.3) is 0 Å². The van der Waals surface area contributed by atoms with Crippen LogP contribution >= 0.6 is 0 Å². The first-order valence-electron chi connectivity index (χ1n) is 17.9. The van der Waals surface area contributed by atoms with Crippen LogP contribution in [0.3, 0.4) is 0 Å². The van der Waals surface area contributed by atoms with E-state index in [2.05, 4.69) is 151 Å². The average molecular weight is 666 g/mol. The zero-order valence-electron chi connectivity index (χ0n) is 29.4. The molecule has 2 aliphatic carbocycles. The monoisotopic (exact) mass is 665 g/mol. The van der Waals surface area contributed by atoms with Crippen LogP contribution in [0.5, 0.6) is 0 Å². The molecule has 3 nitrogen and oxygen atoms in total. The molecule has 8 aromatic rings. The fourth-order valence-corrected chi connectivity index (χ4v) is 8.97. The minimum Gasteiger partial charge on any atom is -0.262 e. The summed E-state index contributed by atoms with van der Waals surface area (Å²) in [7, 11) is 0. The molecule has 1 spiro atoms. The highest BCUT2D eigenvalue weighted by Gasteiger charge is 2.52. The Balaban J connectivity index is 1.16. The molecule has 6 aromatic carbocycles. The summed E-state index contributed by atoms with van der Waals surface area (Å²) in [5, 5.41) is 0. The van der Waals surface area contributed by atoms with E-state index in [1.54, 1.807) is 0 Å². The summed E-state index contributed by atoms with van der Waals surface area (Å²) in [6, 6.07) is 55.7. The topological polar surface area (TPSA) is 38.7 Å². The van der Waals surface area contributed by atoms with Crippen LogP contribution in [0.25, 0.3) is 67.0 Å². The summed E-state index contributed by atoms with van der Waals surface area (Å²) in [6.07, 6.45) is 1.90. The molecule has 2 aromatic heterocycles. The van der Waals surface area contributed by atoms with E-state index in [0.717, 1.165) is 28.5 Å². The van der Waals surface area contributed by atoms with Gasteiger partial charge in [0.15, 0.2) is 5.82 Å². The van der Waals surface area contributed by atoms with Crippen LogP contribution in [0.15, 0.2) is 158 Å². The Bertz CT molecular complexity index is 2720. The molecule has 2 heterocycles. The Morgan fingerprint density at radius 3 is 1.67 bits per heavy atom. The molecular formula is C49H35N3. The molecule has 1 unspecified atom stereocenters. The predicted molar refractivity (Wildman–Crippen MR) is 212 cm³/mol. The molecule has 3 heteroatoms. The van der Waals surface area contributed by atoms with Crippen LogP contribution in [0.1, 0.15) is 39.3 Å². The van der Waals surface area contributed by atoms with Crippen molar-refractivity contribution in [1.29, 1.82) is 0 Å². The van der Waals surface area contributed by atoms with Gasteiger partial charge >= 0.3 is 0 Å². The van der Waals surface area contributed by atoms with Crippen LogP contribution in [0.4, 0.5) is 0 Å². The first kappa shape index (κ1) is 30.4. The zero-order valence-corrected chi connectivity index (χ0v) is 29.4. The fourth-order valence-electron chi connectivity index (χ4n) is 8.97. The molecule has 0 saturated heterocycles. The standard InChI is InChI=1S/C49H35N3/c1-30-27-36(24-25-50-30)38-15-5-4-14-37(38)35-13-10-12-33(28-35)34-22-23-45-42(29-34)39-16-6-8-19-43(39)49(45)44-20-9-7-17-40(44)47-41(18-11-21-46(47)49)48-51-31(2)26-32(3)52-48/h4-29H,1-3H3. The molecule has 52 heavy (non-hydrogen) atoms. The molecule has 0 amide bonds. The number of nitrogens with zero attached hydrogens (tertiary/aromatic N) is 3. The summed E-state index contributed by atoms with van der Waals surface area (Å²) in [4.78, 5) is 14.3. The summed E-state index contributed by atoms with van der Waals surface area (Å²) in [6.45, 7) is 6.15. The first-order valence-corrected chi connectivity index (χ1v) is 17.9. The van der Waals surface area contributed by atoms with Gasteiger partial charge in [0.1, 0.15) is 0 Å². The van der Waals surface area contributed by atoms with E-state index in [0.29, 0.717) is 0 Å². The normalized spacial score (nSPS) is 14.9. The fraction of sp³-hybridized carbons (Fsp3) is 0.0816. The summed E-state index contributed by atoms with van der Waals surface area (Å²) in [5.41, 5.74) is 21.1. The molecule has 0 aliphatic heterocycles. The number of pyridine rings is 1. The summed E-state index contributed by atoms with van der Waals surface area (Å²) >= 11 is 0. The van der Waals surface area contributed by atoms with Crippen molar-refractivity contribution in [3.05, 3.63) is 197 Å².